The SMILES string of the molecule is O=C(NCc1ccc(C(O)c2ccco2)s1)c1ccco1. The molecular weight excluding hydrogens is 290 g/mol. The van der Waals surface area contributed by atoms with E-state index in [1.54, 1.807) is 24.3 Å². The predicted octanol–water partition coefficient (Wildman–Crippen LogP) is 2.95. The van der Waals surface area contributed by atoms with Gasteiger partial charge in [-0.2, -0.15) is 0 Å². The molecule has 6 heteroatoms. The van der Waals surface area contributed by atoms with E-state index in [1.807, 2.05) is 12.1 Å². The Hall–Kier alpha value is -2.31. The molecule has 0 bridgehead atoms. The van der Waals surface area contributed by atoms with Crippen molar-refractivity contribution in [3.63, 3.8) is 0 Å². The lowest BCUT2D eigenvalue weighted by Gasteiger charge is -2.04. The molecule has 0 aliphatic heterocycles. The molecule has 3 rings (SSSR count). The molecule has 2 N–H and O–H groups in total. The van der Waals surface area contributed by atoms with Crippen molar-refractivity contribution in [3.05, 3.63) is 70.2 Å². The van der Waals surface area contributed by atoms with E-state index in [1.165, 1.54) is 23.9 Å². The van der Waals surface area contributed by atoms with E-state index in [2.05, 4.69) is 5.32 Å². The smallest absolute Gasteiger partial charge is 0.287 e. The first-order valence-corrected chi connectivity index (χ1v) is 7.17. The van der Waals surface area contributed by atoms with Gasteiger partial charge >= 0.3 is 0 Å². The summed E-state index contributed by atoms with van der Waals surface area (Å²) in [4.78, 5) is 13.5. The zero-order valence-electron chi connectivity index (χ0n) is 11.0. The Morgan fingerprint density at radius 1 is 1.19 bits per heavy atom. The number of hydrogen-bond donors (Lipinski definition) is 2. The molecule has 108 valence electrons. The second kappa shape index (κ2) is 5.99. The number of carbonyl (C=O) groups excluding carboxylic acids is 1. The van der Waals surface area contributed by atoms with Gasteiger partial charge in [0.1, 0.15) is 11.9 Å². The second-order valence-corrected chi connectivity index (χ2v) is 5.58. The van der Waals surface area contributed by atoms with Gasteiger partial charge in [0, 0.05) is 9.75 Å². The molecule has 5 nitrogen and oxygen atoms in total. The largest absolute Gasteiger partial charge is 0.466 e. The third-order valence-corrected chi connectivity index (χ3v) is 4.07. The number of furan rings is 2. The first kappa shape index (κ1) is 13.7. The molecule has 0 radical (unpaired) electrons. The quantitative estimate of drug-likeness (QED) is 0.760. The number of thiophene rings is 1. The Morgan fingerprint density at radius 2 is 2.00 bits per heavy atom. The van der Waals surface area contributed by atoms with Gasteiger partial charge in [-0.15, -0.1) is 11.3 Å². The van der Waals surface area contributed by atoms with E-state index in [0.29, 0.717) is 12.3 Å². The van der Waals surface area contributed by atoms with Crippen molar-refractivity contribution in [3.8, 4) is 0 Å². The van der Waals surface area contributed by atoms with Crippen molar-refractivity contribution in [1.82, 2.24) is 5.32 Å². The van der Waals surface area contributed by atoms with Crippen LogP contribution in [0.15, 0.2) is 57.8 Å². The molecule has 3 aromatic heterocycles. The maximum absolute atomic E-state index is 11.7. The topological polar surface area (TPSA) is 75.6 Å². The van der Waals surface area contributed by atoms with Gasteiger partial charge < -0.3 is 19.3 Å². The Kier molecular flexibility index (Phi) is 3.89. The van der Waals surface area contributed by atoms with Crippen LogP contribution in [0.1, 0.15) is 32.2 Å². The van der Waals surface area contributed by atoms with E-state index in [0.717, 1.165) is 9.75 Å². The summed E-state index contributed by atoms with van der Waals surface area (Å²) in [6.07, 6.45) is 2.20. The molecule has 0 saturated carbocycles. The van der Waals surface area contributed by atoms with Crippen LogP contribution in [0.4, 0.5) is 0 Å². The third kappa shape index (κ3) is 3.07. The molecule has 3 heterocycles. The number of hydrogen-bond acceptors (Lipinski definition) is 5. The van der Waals surface area contributed by atoms with Crippen LogP contribution in [0.25, 0.3) is 0 Å². The van der Waals surface area contributed by atoms with Gasteiger partial charge in [-0.1, -0.05) is 0 Å². The van der Waals surface area contributed by atoms with Crippen LogP contribution in [0.5, 0.6) is 0 Å². The number of aliphatic hydroxyl groups is 1. The summed E-state index contributed by atoms with van der Waals surface area (Å²) in [5.41, 5.74) is 0. The number of nitrogens with one attached hydrogen (secondary N) is 1. The lowest BCUT2D eigenvalue weighted by atomic mass is 10.2. The molecule has 21 heavy (non-hydrogen) atoms. The fourth-order valence-corrected chi connectivity index (χ4v) is 2.83. The Morgan fingerprint density at radius 3 is 2.71 bits per heavy atom. The monoisotopic (exact) mass is 303 g/mol. The Bertz CT molecular complexity index is 700. The van der Waals surface area contributed by atoms with Gasteiger partial charge in [-0.05, 0) is 36.4 Å². The van der Waals surface area contributed by atoms with Crippen molar-refractivity contribution in [1.29, 1.82) is 0 Å². The molecule has 1 atom stereocenters. The summed E-state index contributed by atoms with van der Waals surface area (Å²) in [7, 11) is 0. The van der Waals surface area contributed by atoms with Crippen LogP contribution in [-0.4, -0.2) is 11.0 Å². The number of carbonyl (C=O) groups is 1. The van der Waals surface area contributed by atoms with Gasteiger partial charge in [0.15, 0.2) is 5.76 Å². The van der Waals surface area contributed by atoms with E-state index in [-0.39, 0.29) is 11.7 Å². The van der Waals surface area contributed by atoms with Crippen molar-refractivity contribution in [2.45, 2.75) is 12.6 Å². The molecule has 3 aromatic rings. The first-order valence-electron chi connectivity index (χ1n) is 6.36. The highest BCUT2D eigenvalue weighted by atomic mass is 32.1. The molecular formula is C15H13NO4S. The number of rotatable bonds is 5. The summed E-state index contributed by atoms with van der Waals surface area (Å²) in [5.74, 6) is 0.520. The average molecular weight is 303 g/mol. The Balaban J connectivity index is 1.62. The van der Waals surface area contributed by atoms with E-state index >= 15 is 0 Å². The fourth-order valence-electron chi connectivity index (χ4n) is 1.89. The van der Waals surface area contributed by atoms with Crippen LogP contribution < -0.4 is 5.32 Å². The van der Waals surface area contributed by atoms with Crippen molar-refractivity contribution >= 4 is 17.2 Å². The van der Waals surface area contributed by atoms with Crippen molar-refractivity contribution < 1.29 is 18.7 Å². The van der Waals surface area contributed by atoms with E-state index in [4.69, 9.17) is 8.83 Å². The van der Waals surface area contributed by atoms with Crippen LogP contribution in [0.3, 0.4) is 0 Å². The van der Waals surface area contributed by atoms with E-state index in [9.17, 15) is 9.90 Å². The van der Waals surface area contributed by atoms with Gasteiger partial charge in [-0.25, -0.2) is 0 Å². The Labute approximate surface area is 124 Å². The van der Waals surface area contributed by atoms with E-state index < -0.39 is 6.10 Å². The predicted molar refractivity (Wildman–Crippen MR) is 77.0 cm³/mol. The fraction of sp³-hybridized carbons (Fsp3) is 0.133. The minimum absolute atomic E-state index is 0.262. The second-order valence-electron chi connectivity index (χ2n) is 4.38. The van der Waals surface area contributed by atoms with Gasteiger partial charge in [0.05, 0.1) is 19.1 Å². The number of amides is 1. The number of aliphatic hydroxyl groups excluding tert-OH is 1. The highest BCUT2D eigenvalue weighted by Crippen LogP contribution is 2.28. The highest BCUT2D eigenvalue weighted by Gasteiger charge is 2.16. The van der Waals surface area contributed by atoms with Crippen LogP contribution in [-0.2, 0) is 6.54 Å². The van der Waals surface area contributed by atoms with Gasteiger partial charge in [-0.3, -0.25) is 4.79 Å². The third-order valence-electron chi connectivity index (χ3n) is 2.93. The summed E-state index contributed by atoms with van der Waals surface area (Å²) in [5, 5.41) is 12.9. The summed E-state index contributed by atoms with van der Waals surface area (Å²) >= 11 is 1.42. The van der Waals surface area contributed by atoms with Crippen LogP contribution in [0.2, 0.25) is 0 Å². The summed E-state index contributed by atoms with van der Waals surface area (Å²) < 4.78 is 10.2. The minimum atomic E-state index is -0.778. The molecule has 0 fully saturated rings. The molecule has 1 amide bonds. The molecule has 0 spiro atoms. The summed E-state index contributed by atoms with van der Waals surface area (Å²) in [6, 6.07) is 10.4. The average Bonchev–Trinajstić information content (AvgIpc) is 3.26. The summed E-state index contributed by atoms with van der Waals surface area (Å²) in [6.45, 7) is 0.384. The zero-order chi connectivity index (χ0) is 14.7. The maximum Gasteiger partial charge on any atom is 0.287 e. The normalized spacial score (nSPS) is 12.2. The molecule has 0 aliphatic rings. The van der Waals surface area contributed by atoms with Gasteiger partial charge in [0.2, 0.25) is 0 Å². The van der Waals surface area contributed by atoms with Crippen LogP contribution in [0, 0.1) is 0 Å². The first-order chi connectivity index (χ1) is 10.2. The van der Waals surface area contributed by atoms with Gasteiger partial charge in [0.25, 0.3) is 5.91 Å². The zero-order valence-corrected chi connectivity index (χ0v) is 11.8. The van der Waals surface area contributed by atoms with Crippen molar-refractivity contribution in [2.75, 3.05) is 0 Å². The van der Waals surface area contributed by atoms with Crippen molar-refractivity contribution in [2.24, 2.45) is 0 Å². The molecule has 1 unspecified atom stereocenters. The molecule has 0 aliphatic carbocycles. The molecule has 0 saturated heterocycles. The molecule has 0 aromatic carbocycles. The highest BCUT2D eigenvalue weighted by molar-refractivity contribution is 7.12. The van der Waals surface area contributed by atoms with Crippen LogP contribution >= 0.6 is 11.3 Å². The lowest BCUT2D eigenvalue weighted by molar-refractivity contribution is 0.0923. The minimum Gasteiger partial charge on any atom is -0.466 e. The lowest BCUT2D eigenvalue weighted by Crippen LogP contribution is -2.21. The maximum atomic E-state index is 11.7. The standard InChI is InChI=1S/C15H13NO4S/c17-14(11-3-1-7-19-11)13-6-5-10(21-13)9-16-15(18)12-4-2-8-20-12/h1-8,14,17H,9H2,(H,16,18).